The third kappa shape index (κ3) is 4.32. The third-order valence-corrected chi connectivity index (χ3v) is 3.73. The molecule has 0 unspecified atom stereocenters. The zero-order valence-corrected chi connectivity index (χ0v) is 13.1. The molecule has 0 N–H and O–H groups in total. The van der Waals surface area contributed by atoms with Crippen LogP contribution in [-0.4, -0.2) is 25.2 Å². The van der Waals surface area contributed by atoms with Gasteiger partial charge < -0.3 is 9.47 Å². The lowest BCUT2D eigenvalue weighted by atomic mass is 9.73. The molecule has 0 saturated heterocycles. The van der Waals surface area contributed by atoms with Crippen molar-refractivity contribution in [2.24, 2.45) is 5.92 Å². The zero-order chi connectivity index (χ0) is 16.6. The molecule has 1 rings (SSSR count). The Hall–Kier alpha value is -2.36. The van der Waals surface area contributed by atoms with Crippen LogP contribution in [0.4, 0.5) is 0 Å². The van der Waals surface area contributed by atoms with Gasteiger partial charge in [0.05, 0.1) is 5.41 Å². The molecule has 0 aliphatic rings. The topological polar surface area (TPSA) is 52.6 Å². The number of carbonyl (C=O) groups is 2. The predicted octanol–water partition coefficient (Wildman–Crippen LogP) is 3.04. The second-order valence-electron chi connectivity index (χ2n) is 5.30. The van der Waals surface area contributed by atoms with Crippen molar-refractivity contribution in [3.05, 3.63) is 61.2 Å². The van der Waals surface area contributed by atoms with Crippen molar-refractivity contribution < 1.29 is 19.1 Å². The van der Waals surface area contributed by atoms with Crippen LogP contribution >= 0.6 is 0 Å². The molecule has 4 heteroatoms. The summed E-state index contributed by atoms with van der Waals surface area (Å²) >= 11 is 0. The minimum Gasteiger partial charge on any atom is -0.461 e. The van der Waals surface area contributed by atoms with E-state index in [1.807, 2.05) is 44.2 Å². The molecule has 0 aliphatic heterocycles. The summed E-state index contributed by atoms with van der Waals surface area (Å²) < 4.78 is 10.5. The van der Waals surface area contributed by atoms with Crippen molar-refractivity contribution in [1.29, 1.82) is 0 Å². The Balaban J connectivity index is 3.13. The van der Waals surface area contributed by atoms with Crippen LogP contribution in [0.1, 0.15) is 19.4 Å². The van der Waals surface area contributed by atoms with Crippen LogP contribution in [0.3, 0.4) is 0 Å². The van der Waals surface area contributed by atoms with Crippen LogP contribution in [0.25, 0.3) is 0 Å². The molecule has 0 heterocycles. The maximum Gasteiger partial charge on any atom is 0.330 e. The Morgan fingerprint density at radius 2 is 1.50 bits per heavy atom. The van der Waals surface area contributed by atoms with Gasteiger partial charge in [0.15, 0.2) is 0 Å². The molecule has 0 spiro atoms. The molecule has 22 heavy (non-hydrogen) atoms. The number of benzene rings is 1. The molecule has 1 aromatic rings. The van der Waals surface area contributed by atoms with Crippen molar-refractivity contribution in [3.63, 3.8) is 0 Å². The van der Waals surface area contributed by atoms with E-state index in [0.29, 0.717) is 0 Å². The first-order valence-corrected chi connectivity index (χ1v) is 7.10. The molecule has 0 saturated carbocycles. The molecule has 0 amide bonds. The Morgan fingerprint density at radius 3 is 1.86 bits per heavy atom. The quantitative estimate of drug-likeness (QED) is 0.547. The van der Waals surface area contributed by atoms with E-state index < -0.39 is 17.4 Å². The van der Waals surface area contributed by atoms with Gasteiger partial charge in [-0.3, -0.25) is 0 Å². The minimum absolute atomic E-state index is 0.0742. The molecule has 0 radical (unpaired) electrons. The fourth-order valence-corrected chi connectivity index (χ4v) is 2.16. The molecule has 4 nitrogen and oxygen atoms in total. The van der Waals surface area contributed by atoms with E-state index >= 15 is 0 Å². The molecular formula is C18H22O4. The summed E-state index contributed by atoms with van der Waals surface area (Å²) in [5.41, 5.74) is 0.317. The van der Waals surface area contributed by atoms with Gasteiger partial charge in [0, 0.05) is 12.2 Å². The normalized spacial score (nSPS) is 10.9. The second kappa shape index (κ2) is 8.17. The smallest absolute Gasteiger partial charge is 0.330 e. The highest BCUT2D eigenvalue weighted by molar-refractivity contribution is 5.81. The molecule has 1 aromatic carbocycles. The summed E-state index contributed by atoms with van der Waals surface area (Å²) in [6, 6.07) is 9.57. The van der Waals surface area contributed by atoms with E-state index in [2.05, 4.69) is 13.2 Å². The average Bonchev–Trinajstić information content (AvgIpc) is 2.55. The highest BCUT2D eigenvalue weighted by Gasteiger charge is 2.38. The average molecular weight is 302 g/mol. The maximum absolute atomic E-state index is 11.4. The van der Waals surface area contributed by atoms with E-state index in [1.54, 1.807) is 0 Å². The summed E-state index contributed by atoms with van der Waals surface area (Å²) in [5.74, 6) is -0.933. The lowest BCUT2D eigenvalue weighted by molar-refractivity contribution is -0.145. The van der Waals surface area contributed by atoms with Crippen LogP contribution in [-0.2, 0) is 24.5 Å². The number of rotatable bonds is 8. The van der Waals surface area contributed by atoms with Gasteiger partial charge >= 0.3 is 11.9 Å². The maximum atomic E-state index is 11.4. The van der Waals surface area contributed by atoms with Gasteiger partial charge in [0.2, 0.25) is 0 Å². The summed E-state index contributed by atoms with van der Waals surface area (Å²) in [4.78, 5) is 22.9. The van der Waals surface area contributed by atoms with E-state index in [0.717, 1.165) is 17.7 Å². The SMILES string of the molecule is C=CC(=O)OCC(COC(=O)C=C)(c1ccccc1)C(C)C. The van der Waals surface area contributed by atoms with Crippen LogP contribution in [0.5, 0.6) is 0 Å². The first-order chi connectivity index (χ1) is 10.5. The standard InChI is InChI=1S/C18H22O4/c1-5-16(19)21-12-18(14(3)4,13-22-17(20)6-2)15-10-8-7-9-11-15/h5-11,14H,1-2,12-13H2,3-4H3. The van der Waals surface area contributed by atoms with Gasteiger partial charge in [-0.2, -0.15) is 0 Å². The fraction of sp³-hybridized carbons (Fsp3) is 0.333. The molecule has 0 bridgehead atoms. The Bertz CT molecular complexity index is 507. The third-order valence-electron chi connectivity index (χ3n) is 3.73. The molecule has 0 aliphatic carbocycles. The molecule has 0 fully saturated rings. The minimum atomic E-state index is -0.626. The molecule has 0 atom stereocenters. The number of carbonyl (C=O) groups excluding carboxylic acids is 2. The fourth-order valence-electron chi connectivity index (χ4n) is 2.16. The van der Waals surface area contributed by atoms with Gasteiger partial charge in [-0.15, -0.1) is 0 Å². The van der Waals surface area contributed by atoms with Crippen LogP contribution in [0.15, 0.2) is 55.6 Å². The highest BCUT2D eigenvalue weighted by atomic mass is 16.5. The highest BCUT2D eigenvalue weighted by Crippen LogP contribution is 2.33. The number of esters is 2. The summed E-state index contributed by atoms with van der Waals surface area (Å²) in [7, 11) is 0. The summed E-state index contributed by atoms with van der Waals surface area (Å²) in [5, 5.41) is 0. The first kappa shape index (κ1) is 17.7. The Labute approximate surface area is 131 Å². The van der Waals surface area contributed by atoms with Gasteiger partial charge in [0.25, 0.3) is 0 Å². The molecule has 118 valence electrons. The largest absolute Gasteiger partial charge is 0.461 e. The zero-order valence-electron chi connectivity index (χ0n) is 13.1. The van der Waals surface area contributed by atoms with Crippen LogP contribution in [0.2, 0.25) is 0 Å². The van der Waals surface area contributed by atoms with Crippen LogP contribution in [0, 0.1) is 5.92 Å². The van der Waals surface area contributed by atoms with E-state index in [4.69, 9.17) is 9.47 Å². The Morgan fingerprint density at radius 1 is 1.05 bits per heavy atom. The van der Waals surface area contributed by atoms with Crippen molar-refractivity contribution >= 4 is 11.9 Å². The number of ether oxygens (including phenoxy) is 2. The lowest BCUT2D eigenvalue weighted by Crippen LogP contribution is -2.43. The molecule has 0 aromatic heterocycles. The summed E-state index contributed by atoms with van der Waals surface area (Å²) in [6.07, 6.45) is 2.23. The lowest BCUT2D eigenvalue weighted by Gasteiger charge is -2.36. The van der Waals surface area contributed by atoms with E-state index in [9.17, 15) is 9.59 Å². The first-order valence-electron chi connectivity index (χ1n) is 7.10. The van der Waals surface area contributed by atoms with E-state index in [1.165, 1.54) is 0 Å². The van der Waals surface area contributed by atoms with Gasteiger partial charge in [0.1, 0.15) is 13.2 Å². The monoisotopic (exact) mass is 302 g/mol. The Kier molecular flexibility index (Phi) is 6.57. The second-order valence-corrected chi connectivity index (χ2v) is 5.30. The molecular weight excluding hydrogens is 280 g/mol. The number of hydrogen-bond acceptors (Lipinski definition) is 4. The van der Waals surface area contributed by atoms with Crippen molar-refractivity contribution in [2.45, 2.75) is 19.3 Å². The van der Waals surface area contributed by atoms with Gasteiger partial charge in [-0.05, 0) is 11.5 Å². The van der Waals surface area contributed by atoms with Crippen molar-refractivity contribution in [1.82, 2.24) is 0 Å². The van der Waals surface area contributed by atoms with Gasteiger partial charge in [-0.1, -0.05) is 57.3 Å². The number of hydrogen-bond donors (Lipinski definition) is 0. The van der Waals surface area contributed by atoms with Crippen molar-refractivity contribution in [3.8, 4) is 0 Å². The van der Waals surface area contributed by atoms with Crippen molar-refractivity contribution in [2.75, 3.05) is 13.2 Å². The summed E-state index contributed by atoms with van der Waals surface area (Å²) in [6.45, 7) is 11.0. The van der Waals surface area contributed by atoms with E-state index in [-0.39, 0.29) is 19.1 Å². The van der Waals surface area contributed by atoms with Gasteiger partial charge in [-0.25, -0.2) is 9.59 Å². The van der Waals surface area contributed by atoms with Crippen LogP contribution < -0.4 is 0 Å². The predicted molar refractivity (Wildman–Crippen MR) is 85.3 cm³/mol.